The average molecular weight is 564 g/mol. The number of nitrogens with zero attached hydrogens (tertiary/aromatic N) is 4. The molecule has 0 radical (unpaired) electrons. The smallest absolute Gasteiger partial charge is 0.319 e. The number of piperazine rings is 1. The third-order valence-electron chi connectivity index (χ3n) is 8.33. The Morgan fingerprint density at radius 2 is 1.93 bits per heavy atom. The maximum Gasteiger partial charge on any atom is 0.319 e. The van der Waals surface area contributed by atoms with Gasteiger partial charge < -0.3 is 29.7 Å². The third-order valence-corrected chi connectivity index (χ3v) is 8.62. The third kappa shape index (κ3) is 4.60. The zero-order valence-corrected chi connectivity index (χ0v) is 23.0. The fourth-order valence-corrected chi connectivity index (χ4v) is 6.64. The summed E-state index contributed by atoms with van der Waals surface area (Å²) in [5, 5.41) is 16.4. The van der Waals surface area contributed by atoms with E-state index in [0.717, 1.165) is 30.2 Å². The number of phenols is 1. The van der Waals surface area contributed by atoms with E-state index in [1.54, 1.807) is 18.2 Å². The number of halogens is 2. The molecule has 2 unspecified atom stereocenters. The predicted octanol–water partition coefficient (Wildman–Crippen LogP) is 4.60. The van der Waals surface area contributed by atoms with Crippen LogP contribution in [0, 0.1) is 5.82 Å². The van der Waals surface area contributed by atoms with Crippen LogP contribution in [0.15, 0.2) is 42.5 Å². The van der Waals surface area contributed by atoms with E-state index in [-0.39, 0.29) is 46.0 Å². The number of ether oxygens (including phenoxy) is 2. The molecule has 0 amide bonds. The van der Waals surface area contributed by atoms with Crippen LogP contribution in [0.5, 0.6) is 11.8 Å². The maximum atomic E-state index is 16.7. The Morgan fingerprint density at radius 1 is 1.12 bits per heavy atom. The molecule has 3 aliphatic rings. The fraction of sp³-hybridized carbons (Fsp3) is 0.400. The van der Waals surface area contributed by atoms with E-state index >= 15 is 4.39 Å². The van der Waals surface area contributed by atoms with Crippen molar-refractivity contribution in [3.8, 4) is 22.9 Å². The molecule has 0 saturated carbocycles. The highest BCUT2D eigenvalue weighted by molar-refractivity contribution is 6.35. The van der Waals surface area contributed by atoms with E-state index in [4.69, 9.17) is 26.1 Å². The molecule has 0 spiro atoms. The average Bonchev–Trinajstić information content (AvgIpc) is 3.36. The molecule has 40 heavy (non-hydrogen) atoms. The second kappa shape index (κ2) is 10.3. The van der Waals surface area contributed by atoms with E-state index in [1.807, 2.05) is 24.3 Å². The van der Waals surface area contributed by atoms with Gasteiger partial charge in [0.25, 0.3) is 0 Å². The van der Waals surface area contributed by atoms with Gasteiger partial charge in [-0.1, -0.05) is 35.9 Å². The van der Waals surface area contributed by atoms with Gasteiger partial charge in [-0.15, -0.1) is 0 Å². The molecule has 3 aromatic carbocycles. The van der Waals surface area contributed by atoms with Crippen molar-refractivity contribution in [3.05, 3.63) is 53.3 Å². The Balaban J connectivity index is 1.38. The summed E-state index contributed by atoms with van der Waals surface area (Å²) < 4.78 is 28.5. The number of benzene rings is 3. The van der Waals surface area contributed by atoms with Gasteiger partial charge in [-0.05, 0) is 61.0 Å². The number of rotatable bonds is 5. The number of likely N-dealkylation sites (tertiary alicyclic amines) is 1. The van der Waals surface area contributed by atoms with E-state index in [0.29, 0.717) is 49.7 Å². The van der Waals surface area contributed by atoms with Gasteiger partial charge in [-0.3, -0.25) is 0 Å². The zero-order valence-electron chi connectivity index (χ0n) is 22.2. The van der Waals surface area contributed by atoms with Crippen molar-refractivity contribution in [2.24, 2.45) is 0 Å². The van der Waals surface area contributed by atoms with Gasteiger partial charge >= 0.3 is 6.01 Å². The quantitative estimate of drug-likeness (QED) is 0.365. The van der Waals surface area contributed by atoms with E-state index in [2.05, 4.69) is 27.1 Å². The first-order valence-electron chi connectivity index (χ1n) is 13.8. The summed E-state index contributed by atoms with van der Waals surface area (Å²) in [5.74, 6) is 0.0709. The van der Waals surface area contributed by atoms with E-state index in [1.165, 1.54) is 0 Å². The van der Waals surface area contributed by atoms with Crippen LogP contribution in [0.4, 0.5) is 10.2 Å². The van der Waals surface area contributed by atoms with Gasteiger partial charge in [-0.2, -0.15) is 9.97 Å². The Kier molecular flexibility index (Phi) is 6.62. The number of hydrogen-bond donors (Lipinski definition) is 2. The molecule has 3 atom stereocenters. The molecule has 4 heterocycles. The minimum absolute atomic E-state index is 0.0342. The van der Waals surface area contributed by atoms with Crippen LogP contribution < -0.4 is 15.0 Å². The summed E-state index contributed by atoms with van der Waals surface area (Å²) in [4.78, 5) is 13.9. The highest BCUT2D eigenvalue weighted by atomic mass is 35.5. The summed E-state index contributed by atoms with van der Waals surface area (Å²) in [6.45, 7) is 3.99. The second-order valence-electron chi connectivity index (χ2n) is 11.1. The number of aromatic hydroxyl groups is 1. The molecule has 2 bridgehead atoms. The molecular formula is C30H31ClFN5O3. The lowest BCUT2D eigenvalue weighted by Gasteiger charge is -2.43. The lowest BCUT2D eigenvalue weighted by atomic mass is 9.96. The van der Waals surface area contributed by atoms with Crippen LogP contribution in [-0.2, 0) is 4.74 Å². The molecule has 2 N–H and O–H groups in total. The number of fused-ring (bicyclic) bond motifs is 4. The molecule has 7 rings (SSSR count). The second-order valence-corrected chi connectivity index (χ2v) is 11.5. The van der Waals surface area contributed by atoms with Crippen LogP contribution >= 0.6 is 11.6 Å². The van der Waals surface area contributed by atoms with Crippen LogP contribution in [0.25, 0.3) is 32.8 Å². The van der Waals surface area contributed by atoms with Gasteiger partial charge in [0.1, 0.15) is 23.7 Å². The molecule has 208 valence electrons. The molecule has 3 saturated heterocycles. The van der Waals surface area contributed by atoms with Crippen LogP contribution in [0.1, 0.15) is 12.8 Å². The Bertz CT molecular complexity index is 1590. The van der Waals surface area contributed by atoms with Crippen LogP contribution in [0.3, 0.4) is 0 Å². The van der Waals surface area contributed by atoms with Crippen molar-refractivity contribution in [1.29, 1.82) is 0 Å². The van der Waals surface area contributed by atoms with Gasteiger partial charge in [-0.25, -0.2) is 4.39 Å². The van der Waals surface area contributed by atoms with Crippen molar-refractivity contribution in [3.63, 3.8) is 0 Å². The molecule has 1 aromatic heterocycles. The lowest BCUT2D eigenvalue weighted by molar-refractivity contribution is 0.0374. The van der Waals surface area contributed by atoms with Crippen molar-refractivity contribution < 1.29 is 19.0 Å². The molecule has 4 aromatic rings. The first-order chi connectivity index (χ1) is 19.4. The predicted molar refractivity (Wildman–Crippen MR) is 154 cm³/mol. The fourth-order valence-electron chi connectivity index (χ4n) is 6.35. The number of anilines is 1. The molecule has 3 fully saturated rings. The van der Waals surface area contributed by atoms with Crippen molar-refractivity contribution in [2.75, 3.05) is 51.4 Å². The largest absolute Gasteiger partial charge is 0.508 e. The van der Waals surface area contributed by atoms with E-state index in [9.17, 15) is 5.11 Å². The van der Waals surface area contributed by atoms with Crippen molar-refractivity contribution in [2.45, 2.75) is 31.0 Å². The summed E-state index contributed by atoms with van der Waals surface area (Å²) in [7, 11) is 2.09. The normalized spacial score (nSPS) is 23.3. The van der Waals surface area contributed by atoms with Gasteiger partial charge in [0.15, 0.2) is 5.82 Å². The minimum Gasteiger partial charge on any atom is -0.508 e. The molecule has 10 heteroatoms. The summed E-state index contributed by atoms with van der Waals surface area (Å²) >= 11 is 6.84. The Hall–Kier alpha value is -3.24. The lowest BCUT2D eigenvalue weighted by Crippen LogP contribution is -2.63. The zero-order chi connectivity index (χ0) is 27.4. The number of hydrogen-bond acceptors (Lipinski definition) is 8. The Labute approximate surface area is 236 Å². The van der Waals surface area contributed by atoms with Gasteiger partial charge in [0, 0.05) is 42.2 Å². The molecular weight excluding hydrogens is 533 g/mol. The van der Waals surface area contributed by atoms with Crippen molar-refractivity contribution >= 4 is 39.1 Å². The topological polar surface area (TPSA) is 83.0 Å². The SMILES string of the molecule is CN1CCC[C@H]1COc1nc(N2CC3COCC(C2)N3)c2cc(Cl)c(-c3cc(O)cc4ccccc34)c(F)c2n1. The summed E-state index contributed by atoms with van der Waals surface area (Å²) in [6.07, 6.45) is 2.16. The van der Waals surface area contributed by atoms with Gasteiger partial charge in [0.2, 0.25) is 0 Å². The first-order valence-corrected chi connectivity index (χ1v) is 14.2. The Morgan fingerprint density at radius 3 is 2.70 bits per heavy atom. The number of likely N-dealkylation sites (N-methyl/N-ethyl adjacent to an activating group) is 1. The standard InChI is InChI=1S/C30H31ClFN5O3/c1-36-8-4-6-20(36)16-40-30-34-28-24(29(35-30)37-12-18-14-39-15-19(13-37)33-18)11-25(31)26(27(28)32)23-10-21(38)9-17-5-2-3-7-22(17)23/h2-3,5,7,9-11,18-20,33,38H,4,6,8,12-16H2,1H3/t18?,19?,20-/m0/s1. The molecule has 8 nitrogen and oxygen atoms in total. The monoisotopic (exact) mass is 563 g/mol. The number of phenolic OH excluding ortho intramolecular Hbond substituents is 1. The van der Waals surface area contributed by atoms with Crippen molar-refractivity contribution in [1.82, 2.24) is 20.2 Å². The molecule has 3 aliphatic heterocycles. The number of morpholine rings is 1. The van der Waals surface area contributed by atoms with Gasteiger partial charge in [0.05, 0.1) is 18.2 Å². The minimum atomic E-state index is -0.566. The number of aromatic nitrogens is 2. The highest BCUT2D eigenvalue weighted by Crippen LogP contribution is 2.42. The summed E-state index contributed by atoms with van der Waals surface area (Å²) in [6, 6.07) is 13.2. The summed E-state index contributed by atoms with van der Waals surface area (Å²) in [5.41, 5.74) is 0.841. The van der Waals surface area contributed by atoms with E-state index < -0.39 is 5.82 Å². The highest BCUT2D eigenvalue weighted by Gasteiger charge is 2.33. The van der Waals surface area contributed by atoms with Crippen LogP contribution in [0.2, 0.25) is 5.02 Å². The molecule has 0 aliphatic carbocycles. The first kappa shape index (κ1) is 25.7. The maximum absolute atomic E-state index is 16.7. The van der Waals surface area contributed by atoms with Crippen LogP contribution in [-0.4, -0.2) is 84.6 Å². The number of nitrogens with one attached hydrogen (secondary N) is 1.